The van der Waals surface area contributed by atoms with E-state index in [9.17, 15) is 46.0 Å². The molecule has 13 N–H and O–H groups in total. The molecule has 0 aromatic carbocycles. The summed E-state index contributed by atoms with van der Waals surface area (Å²) in [4.78, 5) is 0. The maximum atomic E-state index is 10.7. The molecule has 16 heteroatoms. The molecule has 0 bridgehead atoms. The average molecular weight is 502 g/mol. The molecule has 0 radical (unpaired) electrons. The number of rotatable bonds is 7. The Bertz CT molecular complexity index is 646. The van der Waals surface area contributed by atoms with E-state index in [0.29, 0.717) is 0 Å². The van der Waals surface area contributed by atoms with Gasteiger partial charge in [0.1, 0.15) is 61.0 Å². The molecule has 3 fully saturated rings. The van der Waals surface area contributed by atoms with Crippen LogP contribution in [0, 0.1) is 0 Å². The molecular weight excluding hydrogens is 468 g/mol. The average Bonchev–Trinajstić information content (AvgIpc) is 2.83. The predicted octanol–water partition coefficient (Wildman–Crippen LogP) is -7.64. The van der Waals surface area contributed by atoms with Gasteiger partial charge in [0.05, 0.1) is 31.9 Å². The van der Waals surface area contributed by atoms with Gasteiger partial charge < -0.3 is 81.1 Å². The summed E-state index contributed by atoms with van der Waals surface area (Å²) in [6.07, 6.45) is -19.3. The van der Waals surface area contributed by atoms with Gasteiger partial charge >= 0.3 is 0 Å². The summed E-state index contributed by atoms with van der Waals surface area (Å²) in [5.74, 6) is 0. The van der Waals surface area contributed by atoms with Crippen molar-refractivity contribution in [2.24, 2.45) is 11.5 Å². The lowest BCUT2D eigenvalue weighted by Crippen LogP contribution is -2.67. The Hall–Kier alpha value is -0.640. The summed E-state index contributed by atoms with van der Waals surface area (Å²) >= 11 is 0. The number of aliphatic hydroxyl groups is 9. The summed E-state index contributed by atoms with van der Waals surface area (Å²) in [5, 5.41) is 89.4. The first-order valence-corrected chi connectivity index (χ1v) is 10.7. The van der Waals surface area contributed by atoms with Gasteiger partial charge in [0.15, 0.2) is 18.9 Å². The van der Waals surface area contributed by atoms with E-state index in [1.54, 1.807) is 0 Å². The summed E-state index contributed by atoms with van der Waals surface area (Å²) in [6, 6.07) is -2.53. The van der Waals surface area contributed by atoms with Gasteiger partial charge in [-0.05, 0) is 0 Å². The first kappa shape index (κ1) is 27.9. The van der Waals surface area contributed by atoms with Gasteiger partial charge in [0, 0.05) is 0 Å². The zero-order chi connectivity index (χ0) is 25.3. The minimum atomic E-state index is -1.76. The number of nitrogens with two attached hydrogens (primary N) is 2. The summed E-state index contributed by atoms with van der Waals surface area (Å²) in [6.45, 7) is -1.85. The summed E-state index contributed by atoms with van der Waals surface area (Å²) in [7, 11) is 0. The Balaban J connectivity index is 1.63. The quantitative estimate of drug-likeness (QED) is 0.154. The van der Waals surface area contributed by atoms with Gasteiger partial charge in [0.25, 0.3) is 0 Å². The maximum Gasteiger partial charge on any atom is 0.187 e. The van der Waals surface area contributed by atoms with Crippen LogP contribution in [-0.2, 0) is 23.7 Å². The molecule has 0 aliphatic carbocycles. The van der Waals surface area contributed by atoms with Crippen molar-refractivity contribution >= 4 is 0 Å². The van der Waals surface area contributed by atoms with Crippen LogP contribution in [0.1, 0.15) is 0 Å². The van der Waals surface area contributed by atoms with E-state index in [1.807, 2.05) is 0 Å². The second-order valence-electron chi connectivity index (χ2n) is 8.55. The molecule has 3 heterocycles. The van der Waals surface area contributed by atoms with Crippen LogP contribution in [0.2, 0.25) is 0 Å². The minimum Gasteiger partial charge on any atom is -0.394 e. The third-order valence-corrected chi connectivity index (χ3v) is 6.23. The third kappa shape index (κ3) is 5.52. The van der Waals surface area contributed by atoms with Crippen molar-refractivity contribution in [2.75, 3.05) is 19.8 Å². The monoisotopic (exact) mass is 502 g/mol. The van der Waals surface area contributed by atoms with Crippen molar-refractivity contribution in [3.8, 4) is 0 Å². The third-order valence-electron chi connectivity index (χ3n) is 6.23. The summed E-state index contributed by atoms with van der Waals surface area (Å²) in [5.41, 5.74) is 11.5. The van der Waals surface area contributed by atoms with Gasteiger partial charge in [-0.15, -0.1) is 0 Å². The lowest BCUT2D eigenvalue weighted by atomic mass is 9.96. The van der Waals surface area contributed by atoms with Gasteiger partial charge in [-0.2, -0.15) is 0 Å². The van der Waals surface area contributed by atoms with Crippen LogP contribution in [0.4, 0.5) is 0 Å². The first-order chi connectivity index (χ1) is 16.0. The van der Waals surface area contributed by atoms with E-state index in [1.165, 1.54) is 0 Å². The fourth-order valence-electron chi connectivity index (χ4n) is 4.03. The van der Waals surface area contributed by atoms with Crippen LogP contribution in [0.25, 0.3) is 0 Å². The molecule has 3 rings (SSSR count). The molecule has 0 spiro atoms. The van der Waals surface area contributed by atoms with Crippen LogP contribution in [0.3, 0.4) is 0 Å². The molecule has 0 saturated carbocycles. The smallest absolute Gasteiger partial charge is 0.187 e. The minimum absolute atomic E-state index is 0.441. The van der Waals surface area contributed by atoms with Gasteiger partial charge in [-0.3, -0.25) is 0 Å². The molecule has 15 atom stereocenters. The molecule has 3 saturated heterocycles. The number of hydrogen-bond donors (Lipinski definition) is 11. The zero-order valence-corrected chi connectivity index (χ0v) is 18.0. The molecule has 0 aromatic rings. The largest absolute Gasteiger partial charge is 0.394 e. The van der Waals surface area contributed by atoms with Gasteiger partial charge in [-0.1, -0.05) is 0 Å². The molecule has 16 nitrogen and oxygen atoms in total. The van der Waals surface area contributed by atoms with E-state index in [2.05, 4.69) is 0 Å². The van der Waals surface area contributed by atoms with Crippen molar-refractivity contribution in [1.29, 1.82) is 0 Å². The van der Waals surface area contributed by atoms with Crippen LogP contribution >= 0.6 is 0 Å². The SMILES string of the molecule is N[C@H]1[C@H](OC[C@H]2OC(O)[C@H](N)[C@@H](O)[C@H]2O)O[C@H](CO)[C@@H](O[C@@H]2O[C@H](CO)[C@H](O)[C@H](O)[C@H]2O)[C@@H]1O. The standard InChI is InChI=1S/C18H34N2O14/c19-7-11(25)10(24)6(31-16(7)29)3-30-17-8(20)12(26)15(5(2-22)33-17)34-18-14(28)13(27)9(23)4(1-21)32-18/h4-18,21-29H,1-3,19-20H2/t4-,5-,6-,7-,8-,9+,10+,11-,12-,13+,14-,15-,16?,17-,18+/m1/s1. The Morgan fingerprint density at radius 2 is 1.18 bits per heavy atom. The number of aliphatic hydroxyl groups excluding tert-OH is 9. The lowest BCUT2D eigenvalue weighted by Gasteiger charge is -2.46. The molecule has 0 amide bonds. The summed E-state index contributed by atoms with van der Waals surface area (Å²) < 4.78 is 26.9. The highest BCUT2D eigenvalue weighted by Gasteiger charge is 2.51. The molecule has 1 unspecified atom stereocenters. The Morgan fingerprint density at radius 1 is 0.588 bits per heavy atom. The van der Waals surface area contributed by atoms with Crippen molar-refractivity contribution in [3.05, 3.63) is 0 Å². The highest BCUT2D eigenvalue weighted by Crippen LogP contribution is 2.29. The van der Waals surface area contributed by atoms with E-state index in [4.69, 9.17) is 35.2 Å². The number of hydrogen-bond acceptors (Lipinski definition) is 16. The van der Waals surface area contributed by atoms with Gasteiger partial charge in [0.2, 0.25) is 0 Å². The Morgan fingerprint density at radius 3 is 1.79 bits per heavy atom. The van der Waals surface area contributed by atoms with Crippen LogP contribution in [0.15, 0.2) is 0 Å². The number of ether oxygens (including phenoxy) is 5. The molecular formula is C18H34N2O14. The molecule has 34 heavy (non-hydrogen) atoms. The van der Waals surface area contributed by atoms with Crippen molar-refractivity contribution in [1.82, 2.24) is 0 Å². The zero-order valence-electron chi connectivity index (χ0n) is 18.0. The van der Waals surface area contributed by atoms with Crippen molar-refractivity contribution in [2.45, 2.75) is 92.0 Å². The Kier molecular flexibility index (Phi) is 9.54. The Labute approximate surface area is 193 Å². The molecule has 200 valence electrons. The van der Waals surface area contributed by atoms with E-state index >= 15 is 0 Å². The molecule has 3 aliphatic heterocycles. The topological polar surface area (TPSA) is 280 Å². The van der Waals surface area contributed by atoms with Crippen molar-refractivity contribution in [3.63, 3.8) is 0 Å². The van der Waals surface area contributed by atoms with Gasteiger partial charge in [-0.25, -0.2) is 0 Å². The maximum absolute atomic E-state index is 10.7. The van der Waals surface area contributed by atoms with Crippen LogP contribution < -0.4 is 11.5 Å². The van der Waals surface area contributed by atoms with Crippen molar-refractivity contribution < 1.29 is 69.6 Å². The second-order valence-corrected chi connectivity index (χ2v) is 8.55. The predicted molar refractivity (Wildman–Crippen MR) is 105 cm³/mol. The fourth-order valence-corrected chi connectivity index (χ4v) is 4.03. The second kappa shape index (κ2) is 11.6. The molecule has 3 aliphatic rings. The lowest BCUT2D eigenvalue weighted by molar-refractivity contribution is -0.349. The highest BCUT2D eigenvalue weighted by atomic mass is 16.7. The van der Waals surface area contributed by atoms with Crippen LogP contribution in [0.5, 0.6) is 0 Å². The van der Waals surface area contributed by atoms with E-state index in [0.717, 1.165) is 0 Å². The molecule has 0 aromatic heterocycles. The highest BCUT2D eigenvalue weighted by molar-refractivity contribution is 4.96. The van der Waals surface area contributed by atoms with E-state index in [-0.39, 0.29) is 0 Å². The fraction of sp³-hybridized carbons (Fsp3) is 1.00. The first-order valence-electron chi connectivity index (χ1n) is 10.7. The normalized spacial score (nSPS) is 52.5. The van der Waals surface area contributed by atoms with E-state index < -0.39 is 112 Å². The van der Waals surface area contributed by atoms with Crippen LogP contribution in [-0.4, -0.2) is 158 Å².